The van der Waals surface area contributed by atoms with Crippen molar-refractivity contribution in [3.8, 4) is 0 Å². The normalized spacial score (nSPS) is 16.7. The zero-order chi connectivity index (χ0) is 15.1. The van der Waals surface area contributed by atoms with E-state index < -0.39 is 0 Å². The first-order valence-corrected chi connectivity index (χ1v) is 7.44. The maximum absolute atomic E-state index is 12.0. The van der Waals surface area contributed by atoms with Crippen molar-refractivity contribution in [1.82, 2.24) is 15.5 Å². The number of nitrogens with one attached hydrogen (secondary N) is 2. The molecule has 1 aromatic carbocycles. The number of halogens is 1. The number of hydrogen-bond donors (Lipinski definition) is 2. The van der Waals surface area contributed by atoms with Gasteiger partial charge < -0.3 is 15.5 Å². The smallest absolute Gasteiger partial charge is 0.224 e. The molecule has 0 aromatic heterocycles. The second-order valence-corrected chi connectivity index (χ2v) is 5.41. The van der Waals surface area contributed by atoms with E-state index in [1.54, 1.807) is 4.90 Å². The summed E-state index contributed by atoms with van der Waals surface area (Å²) in [5, 5.41) is 6.05. The predicted molar refractivity (Wildman–Crippen MR) is 89.1 cm³/mol. The molecule has 0 saturated carbocycles. The molecule has 5 nitrogen and oxygen atoms in total. The number of rotatable bonds is 6. The lowest BCUT2D eigenvalue weighted by atomic mass is 10.1. The molecule has 22 heavy (non-hydrogen) atoms. The van der Waals surface area contributed by atoms with Gasteiger partial charge in [0.05, 0.1) is 6.42 Å². The molecule has 1 unspecified atom stereocenters. The van der Waals surface area contributed by atoms with Crippen LogP contribution in [0.2, 0.25) is 0 Å². The Morgan fingerprint density at radius 2 is 2.05 bits per heavy atom. The minimum Gasteiger partial charge on any atom is -0.355 e. The highest BCUT2D eigenvalue weighted by atomic mass is 35.5. The van der Waals surface area contributed by atoms with Gasteiger partial charge in [-0.05, 0) is 18.5 Å². The van der Waals surface area contributed by atoms with Crippen LogP contribution in [0.25, 0.3) is 0 Å². The molecular formula is C16H24ClN3O2. The zero-order valence-corrected chi connectivity index (χ0v) is 13.7. The molecule has 0 spiro atoms. The largest absolute Gasteiger partial charge is 0.355 e. The quantitative estimate of drug-likeness (QED) is 0.819. The second kappa shape index (κ2) is 9.43. The third-order valence-corrected chi connectivity index (χ3v) is 3.84. The molecule has 1 atom stereocenters. The van der Waals surface area contributed by atoms with Crippen LogP contribution in [0.15, 0.2) is 30.3 Å². The molecule has 122 valence electrons. The first-order chi connectivity index (χ1) is 10.2. The molecule has 0 aliphatic carbocycles. The number of likely N-dealkylation sites (N-methyl/N-ethyl adjacent to an activating group) is 1. The summed E-state index contributed by atoms with van der Waals surface area (Å²) >= 11 is 0. The van der Waals surface area contributed by atoms with Crippen molar-refractivity contribution in [2.24, 2.45) is 0 Å². The standard InChI is InChI=1S/C16H23N3O2.ClH/c1-19(14-7-9-17-12-14)16(21)8-10-18-15(20)11-13-5-3-2-4-6-13;/h2-6,14,17H,7-12H2,1H3,(H,18,20);1H. The van der Waals surface area contributed by atoms with Crippen LogP contribution in [0.5, 0.6) is 0 Å². The Labute approximate surface area is 137 Å². The second-order valence-electron chi connectivity index (χ2n) is 5.41. The average molecular weight is 326 g/mol. The van der Waals surface area contributed by atoms with Crippen LogP contribution in [0.3, 0.4) is 0 Å². The van der Waals surface area contributed by atoms with Crippen LogP contribution in [0, 0.1) is 0 Å². The van der Waals surface area contributed by atoms with Crippen LogP contribution in [-0.4, -0.2) is 49.4 Å². The SMILES string of the molecule is CN(C(=O)CCNC(=O)Cc1ccccc1)C1CCNC1.Cl. The van der Waals surface area contributed by atoms with Crippen LogP contribution < -0.4 is 10.6 Å². The van der Waals surface area contributed by atoms with Gasteiger partial charge in [-0.2, -0.15) is 0 Å². The lowest BCUT2D eigenvalue weighted by Gasteiger charge is -2.23. The fourth-order valence-electron chi connectivity index (χ4n) is 2.50. The van der Waals surface area contributed by atoms with Gasteiger partial charge in [0.2, 0.25) is 11.8 Å². The van der Waals surface area contributed by atoms with Crippen molar-refractivity contribution in [2.75, 3.05) is 26.7 Å². The van der Waals surface area contributed by atoms with Gasteiger partial charge in [0.15, 0.2) is 0 Å². The molecule has 1 heterocycles. The van der Waals surface area contributed by atoms with Crippen molar-refractivity contribution in [3.05, 3.63) is 35.9 Å². The molecule has 1 saturated heterocycles. The highest BCUT2D eigenvalue weighted by Crippen LogP contribution is 2.07. The van der Waals surface area contributed by atoms with Gasteiger partial charge in [0, 0.05) is 32.6 Å². The van der Waals surface area contributed by atoms with E-state index in [0.29, 0.717) is 19.4 Å². The molecule has 2 rings (SSSR count). The maximum Gasteiger partial charge on any atom is 0.224 e. The number of carbonyl (C=O) groups excluding carboxylic acids is 2. The number of carbonyl (C=O) groups is 2. The van der Waals surface area contributed by atoms with Gasteiger partial charge in [0.25, 0.3) is 0 Å². The number of benzene rings is 1. The fourth-order valence-corrected chi connectivity index (χ4v) is 2.50. The summed E-state index contributed by atoms with van der Waals surface area (Å²) in [6.45, 7) is 2.23. The fraction of sp³-hybridized carbons (Fsp3) is 0.500. The van der Waals surface area contributed by atoms with Gasteiger partial charge in [-0.1, -0.05) is 30.3 Å². The molecule has 1 aliphatic rings. The number of hydrogen-bond acceptors (Lipinski definition) is 3. The van der Waals surface area contributed by atoms with Crippen LogP contribution in [0.1, 0.15) is 18.4 Å². The van der Waals surface area contributed by atoms with E-state index in [1.807, 2.05) is 37.4 Å². The summed E-state index contributed by atoms with van der Waals surface area (Å²) in [6, 6.07) is 9.89. The Hall–Kier alpha value is -1.59. The molecule has 2 amide bonds. The predicted octanol–water partition coefficient (Wildman–Crippen LogP) is 0.977. The van der Waals surface area contributed by atoms with Gasteiger partial charge in [-0.3, -0.25) is 9.59 Å². The minimum absolute atomic E-state index is 0. The highest BCUT2D eigenvalue weighted by molar-refractivity contribution is 5.85. The van der Waals surface area contributed by atoms with Crippen molar-refractivity contribution in [2.45, 2.75) is 25.3 Å². The topological polar surface area (TPSA) is 61.4 Å². The van der Waals surface area contributed by atoms with E-state index in [-0.39, 0.29) is 30.3 Å². The van der Waals surface area contributed by atoms with Gasteiger partial charge in [-0.15, -0.1) is 12.4 Å². The molecule has 6 heteroatoms. The van der Waals surface area contributed by atoms with E-state index in [0.717, 1.165) is 25.1 Å². The van der Waals surface area contributed by atoms with Gasteiger partial charge >= 0.3 is 0 Å². The Morgan fingerprint density at radius 1 is 1.32 bits per heavy atom. The van der Waals surface area contributed by atoms with Crippen molar-refractivity contribution in [1.29, 1.82) is 0 Å². The highest BCUT2D eigenvalue weighted by Gasteiger charge is 2.22. The Bertz CT molecular complexity index is 476. The minimum atomic E-state index is -0.0424. The van der Waals surface area contributed by atoms with Crippen LogP contribution >= 0.6 is 12.4 Å². The third kappa shape index (κ3) is 5.66. The number of amides is 2. The molecule has 1 aromatic rings. The monoisotopic (exact) mass is 325 g/mol. The zero-order valence-electron chi connectivity index (χ0n) is 12.9. The Morgan fingerprint density at radius 3 is 2.68 bits per heavy atom. The average Bonchev–Trinajstić information content (AvgIpc) is 3.01. The van der Waals surface area contributed by atoms with E-state index in [4.69, 9.17) is 0 Å². The maximum atomic E-state index is 12.0. The van der Waals surface area contributed by atoms with Crippen LogP contribution in [0.4, 0.5) is 0 Å². The molecule has 1 aliphatic heterocycles. The lowest BCUT2D eigenvalue weighted by Crippen LogP contribution is -2.40. The van der Waals surface area contributed by atoms with Crippen molar-refractivity contribution in [3.63, 3.8) is 0 Å². The van der Waals surface area contributed by atoms with Gasteiger partial charge in [0.1, 0.15) is 0 Å². The summed E-state index contributed by atoms with van der Waals surface area (Å²) in [7, 11) is 1.84. The number of nitrogens with zero attached hydrogens (tertiary/aromatic N) is 1. The molecule has 1 fully saturated rings. The summed E-state index contributed by atoms with van der Waals surface area (Å²) < 4.78 is 0. The summed E-state index contributed by atoms with van der Waals surface area (Å²) in [5.74, 6) is 0.0443. The van der Waals surface area contributed by atoms with E-state index in [2.05, 4.69) is 10.6 Å². The molecule has 2 N–H and O–H groups in total. The Balaban J connectivity index is 0.00000242. The summed E-state index contributed by atoms with van der Waals surface area (Å²) in [6.07, 6.45) is 1.72. The molecule has 0 bridgehead atoms. The van der Waals surface area contributed by atoms with E-state index in [1.165, 1.54) is 0 Å². The molecular weight excluding hydrogens is 302 g/mol. The Kier molecular flexibility index (Phi) is 7.91. The van der Waals surface area contributed by atoms with E-state index in [9.17, 15) is 9.59 Å². The van der Waals surface area contributed by atoms with Crippen LogP contribution in [-0.2, 0) is 16.0 Å². The summed E-state index contributed by atoms with van der Waals surface area (Å²) in [4.78, 5) is 25.6. The van der Waals surface area contributed by atoms with E-state index >= 15 is 0 Å². The first kappa shape index (κ1) is 18.5. The van der Waals surface area contributed by atoms with Crippen molar-refractivity contribution < 1.29 is 9.59 Å². The van der Waals surface area contributed by atoms with Crippen molar-refractivity contribution >= 4 is 24.2 Å². The summed E-state index contributed by atoms with van der Waals surface area (Å²) in [5.41, 5.74) is 0.982. The molecule has 0 radical (unpaired) electrons. The lowest BCUT2D eigenvalue weighted by molar-refractivity contribution is -0.131. The third-order valence-electron chi connectivity index (χ3n) is 3.84. The first-order valence-electron chi connectivity index (χ1n) is 7.44. The van der Waals surface area contributed by atoms with Gasteiger partial charge in [-0.25, -0.2) is 0 Å².